The Kier molecular flexibility index (Phi) is 8.74. The zero-order valence-corrected chi connectivity index (χ0v) is 13.8. The molecule has 1 aliphatic carbocycles. The van der Waals surface area contributed by atoms with Crippen molar-refractivity contribution in [3.8, 4) is 0 Å². The van der Waals surface area contributed by atoms with Gasteiger partial charge in [0.25, 0.3) is 0 Å². The summed E-state index contributed by atoms with van der Waals surface area (Å²) in [5.41, 5.74) is -0.141. The molecule has 3 atom stereocenters. The van der Waals surface area contributed by atoms with Crippen molar-refractivity contribution < 1.29 is 9.84 Å². The lowest BCUT2D eigenvalue weighted by Gasteiger charge is -2.30. The van der Waals surface area contributed by atoms with Crippen LogP contribution in [-0.4, -0.2) is 36.5 Å². The van der Waals surface area contributed by atoms with Crippen LogP contribution < -0.4 is 5.32 Å². The van der Waals surface area contributed by atoms with Gasteiger partial charge in [-0.05, 0) is 51.5 Å². The summed E-state index contributed by atoms with van der Waals surface area (Å²) < 4.78 is 6.05. The smallest absolute Gasteiger partial charge is 0.0610 e. The highest BCUT2D eigenvalue weighted by Crippen LogP contribution is 2.28. The molecule has 0 saturated heterocycles. The molecule has 1 aliphatic rings. The van der Waals surface area contributed by atoms with Crippen LogP contribution in [-0.2, 0) is 4.74 Å². The van der Waals surface area contributed by atoms with Crippen LogP contribution in [0.5, 0.6) is 0 Å². The van der Waals surface area contributed by atoms with E-state index in [2.05, 4.69) is 26.1 Å². The third-order valence-corrected chi connectivity index (χ3v) is 4.69. The van der Waals surface area contributed by atoms with Crippen molar-refractivity contribution in [2.45, 2.75) is 83.8 Å². The van der Waals surface area contributed by atoms with Gasteiger partial charge in [0.05, 0.1) is 12.7 Å². The second-order valence-corrected chi connectivity index (χ2v) is 6.68. The van der Waals surface area contributed by atoms with Crippen LogP contribution in [0.2, 0.25) is 0 Å². The fourth-order valence-electron chi connectivity index (χ4n) is 3.13. The topological polar surface area (TPSA) is 41.5 Å². The van der Waals surface area contributed by atoms with E-state index >= 15 is 0 Å². The molecule has 0 aromatic heterocycles. The quantitative estimate of drug-likeness (QED) is 0.604. The molecule has 2 N–H and O–H groups in total. The molecule has 3 unspecified atom stereocenters. The van der Waals surface area contributed by atoms with Crippen molar-refractivity contribution in [1.82, 2.24) is 5.32 Å². The molecule has 0 bridgehead atoms. The Balaban J connectivity index is 2.16. The van der Waals surface area contributed by atoms with Gasteiger partial charge in [0.2, 0.25) is 0 Å². The van der Waals surface area contributed by atoms with Gasteiger partial charge in [0.15, 0.2) is 0 Å². The summed E-state index contributed by atoms with van der Waals surface area (Å²) in [6.07, 6.45) is 10.1. The van der Waals surface area contributed by atoms with Crippen molar-refractivity contribution in [3.63, 3.8) is 0 Å². The summed E-state index contributed by atoms with van der Waals surface area (Å²) in [5.74, 6) is 0.877. The second kappa shape index (κ2) is 9.75. The Bertz CT molecular complexity index is 247. The molecule has 0 heterocycles. The first-order valence-corrected chi connectivity index (χ1v) is 8.61. The van der Waals surface area contributed by atoms with Crippen LogP contribution in [0, 0.1) is 5.92 Å². The van der Waals surface area contributed by atoms with E-state index in [-0.39, 0.29) is 12.1 Å². The second-order valence-electron chi connectivity index (χ2n) is 6.68. The Hall–Kier alpha value is -0.120. The normalized spacial score (nSPS) is 26.4. The molecule has 3 heteroatoms. The Morgan fingerprint density at radius 1 is 1.30 bits per heavy atom. The first kappa shape index (κ1) is 17.9. The molecule has 1 saturated carbocycles. The molecule has 0 radical (unpaired) electrons. The van der Waals surface area contributed by atoms with Crippen LogP contribution in [0.25, 0.3) is 0 Å². The number of aliphatic hydroxyl groups is 1. The number of nitrogens with one attached hydrogen (secondary N) is 1. The van der Waals surface area contributed by atoms with Crippen LogP contribution in [0.1, 0.15) is 72.1 Å². The van der Waals surface area contributed by atoms with Gasteiger partial charge in [-0.25, -0.2) is 0 Å². The summed E-state index contributed by atoms with van der Waals surface area (Å²) in [6, 6.07) is 0. The molecule has 0 spiro atoms. The lowest BCUT2D eigenvalue weighted by molar-refractivity contribution is 0.00724. The highest BCUT2D eigenvalue weighted by atomic mass is 16.5. The van der Waals surface area contributed by atoms with Gasteiger partial charge in [-0.15, -0.1) is 0 Å². The third kappa shape index (κ3) is 6.55. The van der Waals surface area contributed by atoms with Gasteiger partial charge in [0.1, 0.15) is 0 Å². The SMILES string of the molecule is CCCNC(C)(CO)CCCOC1CCCC(CC)C1. The molecule has 0 aromatic rings. The predicted molar refractivity (Wildman–Crippen MR) is 85.0 cm³/mol. The van der Waals surface area contributed by atoms with Crippen molar-refractivity contribution in [1.29, 1.82) is 0 Å². The Morgan fingerprint density at radius 2 is 2.10 bits per heavy atom. The van der Waals surface area contributed by atoms with Crippen molar-refractivity contribution in [2.75, 3.05) is 19.8 Å². The van der Waals surface area contributed by atoms with Gasteiger partial charge in [-0.3, -0.25) is 0 Å². The molecular formula is C17H35NO2. The lowest BCUT2D eigenvalue weighted by atomic mass is 9.85. The fourth-order valence-corrected chi connectivity index (χ4v) is 3.13. The highest BCUT2D eigenvalue weighted by molar-refractivity contribution is 4.82. The Labute approximate surface area is 125 Å². The first-order valence-electron chi connectivity index (χ1n) is 8.61. The predicted octanol–water partition coefficient (Wildman–Crippen LogP) is 3.50. The molecule has 0 aromatic carbocycles. The maximum Gasteiger partial charge on any atom is 0.0610 e. The van der Waals surface area contributed by atoms with E-state index in [0.29, 0.717) is 6.10 Å². The van der Waals surface area contributed by atoms with E-state index in [1.165, 1.54) is 32.1 Å². The maximum absolute atomic E-state index is 9.52. The summed E-state index contributed by atoms with van der Waals surface area (Å²) >= 11 is 0. The van der Waals surface area contributed by atoms with Gasteiger partial charge in [-0.1, -0.05) is 33.1 Å². The van der Waals surface area contributed by atoms with Crippen molar-refractivity contribution in [3.05, 3.63) is 0 Å². The zero-order chi connectivity index (χ0) is 14.8. The zero-order valence-electron chi connectivity index (χ0n) is 13.8. The Morgan fingerprint density at radius 3 is 2.75 bits per heavy atom. The van der Waals surface area contributed by atoms with Gasteiger partial charge < -0.3 is 15.2 Å². The van der Waals surface area contributed by atoms with Gasteiger partial charge >= 0.3 is 0 Å². The average Bonchev–Trinajstić information content (AvgIpc) is 2.50. The summed E-state index contributed by atoms with van der Waals surface area (Å²) in [7, 11) is 0. The van der Waals surface area contributed by atoms with E-state index < -0.39 is 0 Å². The minimum atomic E-state index is -0.141. The minimum Gasteiger partial charge on any atom is -0.394 e. The molecule has 20 heavy (non-hydrogen) atoms. The average molecular weight is 285 g/mol. The van der Waals surface area contributed by atoms with Crippen LogP contribution in [0.3, 0.4) is 0 Å². The number of rotatable bonds is 10. The van der Waals surface area contributed by atoms with E-state index in [9.17, 15) is 5.11 Å². The van der Waals surface area contributed by atoms with Crippen LogP contribution in [0.4, 0.5) is 0 Å². The fraction of sp³-hybridized carbons (Fsp3) is 1.00. The van der Waals surface area contributed by atoms with E-state index in [4.69, 9.17) is 4.74 Å². The van der Waals surface area contributed by atoms with Gasteiger partial charge in [-0.2, -0.15) is 0 Å². The molecule has 1 rings (SSSR count). The molecule has 3 nitrogen and oxygen atoms in total. The standard InChI is InChI=1S/C17H35NO2/c1-4-11-18-17(3,14-19)10-7-12-20-16-9-6-8-15(5-2)13-16/h15-16,18-19H,4-14H2,1-3H3. The van der Waals surface area contributed by atoms with Crippen LogP contribution in [0.15, 0.2) is 0 Å². The monoisotopic (exact) mass is 285 g/mol. The molecular weight excluding hydrogens is 250 g/mol. The van der Waals surface area contributed by atoms with Crippen molar-refractivity contribution >= 4 is 0 Å². The third-order valence-electron chi connectivity index (χ3n) is 4.69. The van der Waals surface area contributed by atoms with E-state index in [1.54, 1.807) is 0 Å². The molecule has 0 aliphatic heterocycles. The lowest BCUT2D eigenvalue weighted by Crippen LogP contribution is -2.46. The van der Waals surface area contributed by atoms with E-state index in [0.717, 1.165) is 38.3 Å². The summed E-state index contributed by atoms with van der Waals surface area (Å²) in [6.45, 7) is 8.56. The maximum atomic E-state index is 9.52. The number of hydrogen-bond donors (Lipinski definition) is 2. The van der Waals surface area contributed by atoms with Gasteiger partial charge in [0, 0.05) is 12.1 Å². The van der Waals surface area contributed by atoms with E-state index in [1.807, 2.05) is 0 Å². The molecule has 1 fully saturated rings. The van der Waals surface area contributed by atoms with Crippen LogP contribution >= 0.6 is 0 Å². The minimum absolute atomic E-state index is 0.141. The molecule has 0 amide bonds. The molecule has 120 valence electrons. The summed E-state index contributed by atoms with van der Waals surface area (Å²) in [5, 5.41) is 13.0. The summed E-state index contributed by atoms with van der Waals surface area (Å²) in [4.78, 5) is 0. The largest absolute Gasteiger partial charge is 0.394 e. The van der Waals surface area contributed by atoms with Crippen molar-refractivity contribution in [2.24, 2.45) is 5.92 Å². The first-order chi connectivity index (χ1) is 9.63. The number of hydrogen-bond acceptors (Lipinski definition) is 3. The number of aliphatic hydroxyl groups excluding tert-OH is 1. The highest BCUT2D eigenvalue weighted by Gasteiger charge is 2.23. The number of ether oxygens (including phenoxy) is 1.